The van der Waals surface area contributed by atoms with Crippen molar-refractivity contribution in [3.8, 4) is 17.2 Å². The third-order valence-electron chi connectivity index (χ3n) is 4.23. The SMILES string of the molecule is CCCCOc1ccc(C(=O)Nc2ccc(-n3cnnn3)c(C)c2)cc1OC. The molecule has 28 heavy (non-hydrogen) atoms. The molecule has 0 radical (unpaired) electrons. The topological polar surface area (TPSA) is 91.2 Å². The molecule has 3 rings (SSSR count). The number of hydrogen-bond donors (Lipinski definition) is 1. The smallest absolute Gasteiger partial charge is 0.255 e. The number of amides is 1. The summed E-state index contributed by atoms with van der Waals surface area (Å²) < 4.78 is 12.6. The van der Waals surface area contributed by atoms with Crippen molar-refractivity contribution < 1.29 is 14.3 Å². The van der Waals surface area contributed by atoms with Gasteiger partial charge >= 0.3 is 0 Å². The van der Waals surface area contributed by atoms with Crippen LogP contribution in [0.5, 0.6) is 11.5 Å². The average Bonchev–Trinajstić information content (AvgIpc) is 3.23. The van der Waals surface area contributed by atoms with Crippen molar-refractivity contribution in [3.63, 3.8) is 0 Å². The molecule has 1 aromatic heterocycles. The number of unbranched alkanes of at least 4 members (excludes halogenated alkanes) is 1. The number of anilines is 1. The van der Waals surface area contributed by atoms with Crippen LogP contribution in [0, 0.1) is 6.92 Å². The molecule has 0 aliphatic carbocycles. The van der Waals surface area contributed by atoms with Gasteiger partial charge in [0.2, 0.25) is 0 Å². The standard InChI is InChI=1S/C20H23N5O3/c1-4-5-10-28-18-9-6-15(12-19(18)27-3)20(26)22-16-7-8-17(14(2)11-16)25-13-21-23-24-25/h6-9,11-13H,4-5,10H2,1-3H3,(H,22,26). The normalized spacial score (nSPS) is 10.5. The fourth-order valence-corrected chi connectivity index (χ4v) is 2.72. The molecule has 0 saturated heterocycles. The van der Waals surface area contributed by atoms with Crippen molar-refractivity contribution in [1.29, 1.82) is 0 Å². The second kappa shape index (κ2) is 8.98. The van der Waals surface area contributed by atoms with Crippen LogP contribution in [-0.2, 0) is 0 Å². The molecule has 1 amide bonds. The summed E-state index contributed by atoms with van der Waals surface area (Å²) in [5, 5.41) is 14.1. The number of aryl methyl sites for hydroxylation is 1. The third-order valence-corrected chi connectivity index (χ3v) is 4.23. The van der Waals surface area contributed by atoms with E-state index in [1.165, 1.54) is 6.33 Å². The highest BCUT2D eigenvalue weighted by molar-refractivity contribution is 6.04. The molecule has 0 fully saturated rings. The molecule has 0 saturated carbocycles. The van der Waals surface area contributed by atoms with Gasteiger partial charge in [0.15, 0.2) is 11.5 Å². The Morgan fingerprint density at radius 2 is 2.04 bits per heavy atom. The highest BCUT2D eigenvalue weighted by Gasteiger charge is 2.12. The minimum absolute atomic E-state index is 0.229. The Bertz CT molecular complexity index is 941. The molecule has 0 unspecified atom stereocenters. The summed E-state index contributed by atoms with van der Waals surface area (Å²) >= 11 is 0. The fraction of sp³-hybridized carbons (Fsp3) is 0.300. The molecule has 1 N–H and O–H groups in total. The van der Waals surface area contributed by atoms with Crippen molar-refractivity contribution in [2.45, 2.75) is 26.7 Å². The van der Waals surface area contributed by atoms with Crippen LogP contribution < -0.4 is 14.8 Å². The summed E-state index contributed by atoms with van der Waals surface area (Å²) in [6.45, 7) is 4.65. The number of carbonyl (C=O) groups excluding carboxylic acids is 1. The monoisotopic (exact) mass is 381 g/mol. The molecule has 8 nitrogen and oxygen atoms in total. The summed E-state index contributed by atoms with van der Waals surface area (Å²) in [6, 6.07) is 10.7. The van der Waals surface area contributed by atoms with Crippen LogP contribution in [0.4, 0.5) is 5.69 Å². The van der Waals surface area contributed by atoms with E-state index < -0.39 is 0 Å². The predicted octanol–water partition coefficient (Wildman–Crippen LogP) is 3.41. The molecule has 0 aliphatic heterocycles. The zero-order chi connectivity index (χ0) is 19.9. The van der Waals surface area contributed by atoms with Crippen LogP contribution in [0.3, 0.4) is 0 Å². The largest absolute Gasteiger partial charge is 0.493 e. The van der Waals surface area contributed by atoms with Gasteiger partial charge in [-0.15, -0.1) is 5.10 Å². The Hall–Kier alpha value is -3.42. The van der Waals surface area contributed by atoms with Crippen LogP contribution in [0.1, 0.15) is 35.7 Å². The number of nitrogens with one attached hydrogen (secondary N) is 1. The van der Waals surface area contributed by atoms with Gasteiger partial charge < -0.3 is 14.8 Å². The highest BCUT2D eigenvalue weighted by atomic mass is 16.5. The van der Waals surface area contributed by atoms with Gasteiger partial charge in [-0.3, -0.25) is 4.79 Å². The van der Waals surface area contributed by atoms with Crippen LogP contribution >= 0.6 is 0 Å². The lowest BCUT2D eigenvalue weighted by molar-refractivity contribution is 0.102. The van der Waals surface area contributed by atoms with E-state index in [-0.39, 0.29) is 5.91 Å². The third kappa shape index (κ3) is 4.46. The molecule has 146 valence electrons. The van der Waals surface area contributed by atoms with Crippen LogP contribution in [-0.4, -0.2) is 39.8 Å². The van der Waals surface area contributed by atoms with E-state index in [2.05, 4.69) is 27.8 Å². The van der Waals surface area contributed by atoms with E-state index in [0.29, 0.717) is 29.4 Å². The second-order valence-corrected chi connectivity index (χ2v) is 6.28. The minimum atomic E-state index is -0.229. The molecule has 2 aromatic carbocycles. The van der Waals surface area contributed by atoms with E-state index in [4.69, 9.17) is 9.47 Å². The maximum Gasteiger partial charge on any atom is 0.255 e. The fourth-order valence-electron chi connectivity index (χ4n) is 2.72. The summed E-state index contributed by atoms with van der Waals surface area (Å²) in [5.41, 5.74) is 2.95. The highest BCUT2D eigenvalue weighted by Crippen LogP contribution is 2.29. The first kappa shape index (κ1) is 19.3. The summed E-state index contributed by atoms with van der Waals surface area (Å²) in [5.74, 6) is 0.941. The summed E-state index contributed by atoms with van der Waals surface area (Å²) in [6.07, 6.45) is 3.54. The minimum Gasteiger partial charge on any atom is -0.493 e. The number of carbonyl (C=O) groups is 1. The van der Waals surface area contributed by atoms with E-state index in [1.54, 1.807) is 36.1 Å². The van der Waals surface area contributed by atoms with Crippen molar-refractivity contribution >= 4 is 11.6 Å². The molecule has 0 bridgehead atoms. The quantitative estimate of drug-likeness (QED) is 0.601. The van der Waals surface area contributed by atoms with Crippen LogP contribution in [0.2, 0.25) is 0 Å². The average molecular weight is 381 g/mol. The Morgan fingerprint density at radius 3 is 2.71 bits per heavy atom. The number of methoxy groups -OCH3 is 1. The van der Waals surface area contributed by atoms with E-state index >= 15 is 0 Å². The number of ether oxygens (including phenoxy) is 2. The summed E-state index contributed by atoms with van der Waals surface area (Å²) in [4.78, 5) is 12.6. The molecule has 0 spiro atoms. The molecular weight excluding hydrogens is 358 g/mol. The van der Waals surface area contributed by atoms with Gasteiger partial charge in [-0.25, -0.2) is 4.68 Å². The van der Waals surface area contributed by atoms with Gasteiger partial charge in [0.25, 0.3) is 5.91 Å². The molecule has 3 aromatic rings. The van der Waals surface area contributed by atoms with Crippen LogP contribution in [0.25, 0.3) is 5.69 Å². The molecule has 8 heteroatoms. The van der Waals surface area contributed by atoms with Crippen LogP contribution in [0.15, 0.2) is 42.7 Å². The van der Waals surface area contributed by atoms with Gasteiger partial charge in [-0.05, 0) is 65.7 Å². The van der Waals surface area contributed by atoms with E-state index in [1.807, 2.05) is 19.1 Å². The molecule has 1 heterocycles. The van der Waals surface area contributed by atoms with E-state index in [0.717, 1.165) is 24.1 Å². The van der Waals surface area contributed by atoms with Gasteiger partial charge in [-0.2, -0.15) is 0 Å². The number of aromatic nitrogens is 4. The van der Waals surface area contributed by atoms with E-state index in [9.17, 15) is 4.79 Å². The molecule has 0 aliphatic rings. The zero-order valence-electron chi connectivity index (χ0n) is 16.2. The number of rotatable bonds is 8. The number of hydrogen-bond acceptors (Lipinski definition) is 6. The Morgan fingerprint density at radius 1 is 1.18 bits per heavy atom. The number of benzene rings is 2. The van der Waals surface area contributed by atoms with Crippen molar-refractivity contribution in [1.82, 2.24) is 20.2 Å². The zero-order valence-corrected chi connectivity index (χ0v) is 16.2. The molecule has 0 atom stereocenters. The Labute approximate surface area is 163 Å². The number of nitrogens with zero attached hydrogens (tertiary/aromatic N) is 4. The van der Waals surface area contributed by atoms with Gasteiger partial charge in [-0.1, -0.05) is 13.3 Å². The number of tetrazole rings is 1. The maximum atomic E-state index is 12.6. The Kier molecular flexibility index (Phi) is 6.21. The summed E-state index contributed by atoms with van der Waals surface area (Å²) in [7, 11) is 1.56. The predicted molar refractivity (Wildman–Crippen MR) is 105 cm³/mol. The van der Waals surface area contributed by atoms with Crippen molar-refractivity contribution in [3.05, 3.63) is 53.9 Å². The second-order valence-electron chi connectivity index (χ2n) is 6.28. The van der Waals surface area contributed by atoms with Crippen molar-refractivity contribution in [2.75, 3.05) is 19.0 Å². The lowest BCUT2D eigenvalue weighted by Crippen LogP contribution is -2.12. The van der Waals surface area contributed by atoms with Gasteiger partial charge in [0, 0.05) is 11.3 Å². The maximum absolute atomic E-state index is 12.6. The van der Waals surface area contributed by atoms with Crippen molar-refractivity contribution in [2.24, 2.45) is 0 Å². The molecular formula is C20H23N5O3. The first-order chi connectivity index (χ1) is 13.6. The Balaban J connectivity index is 1.73. The van der Waals surface area contributed by atoms with Gasteiger partial charge in [0.05, 0.1) is 19.4 Å². The lowest BCUT2D eigenvalue weighted by atomic mass is 10.1. The first-order valence-electron chi connectivity index (χ1n) is 9.08. The first-order valence-corrected chi connectivity index (χ1v) is 9.08. The lowest BCUT2D eigenvalue weighted by Gasteiger charge is -2.13. The van der Waals surface area contributed by atoms with Gasteiger partial charge in [0.1, 0.15) is 6.33 Å².